The predicted molar refractivity (Wildman–Crippen MR) is 57.6 cm³/mol. The van der Waals surface area contributed by atoms with Gasteiger partial charge in [-0.2, -0.15) is 5.10 Å². The summed E-state index contributed by atoms with van der Waals surface area (Å²) in [6.45, 7) is 2.23. The van der Waals surface area contributed by atoms with Gasteiger partial charge in [0.05, 0.1) is 11.4 Å². The first kappa shape index (κ1) is 12.2. The van der Waals surface area contributed by atoms with E-state index in [0.29, 0.717) is 0 Å². The molecule has 0 aromatic carbocycles. The first-order valence-electron chi connectivity index (χ1n) is 4.61. The van der Waals surface area contributed by atoms with E-state index in [2.05, 4.69) is 9.82 Å². The number of aromatic nitrogens is 2. The average Bonchev–Trinajstić information content (AvgIpc) is 2.42. The standard InChI is InChI=1S/C8H16N4O2S/c1-7-8(6-12(2)11-7)5-10-15(13,14)4-3-9/h6,10H,3-5,9H2,1-2H3. The van der Waals surface area contributed by atoms with Crippen LogP contribution in [0.4, 0.5) is 0 Å². The Bertz CT molecular complexity index is 424. The molecule has 0 saturated carbocycles. The number of nitrogens with one attached hydrogen (secondary N) is 1. The Labute approximate surface area is 89.5 Å². The average molecular weight is 232 g/mol. The molecule has 0 aliphatic rings. The Balaban J connectivity index is 2.61. The van der Waals surface area contributed by atoms with E-state index in [-0.39, 0.29) is 18.8 Å². The Hall–Kier alpha value is -0.920. The number of hydrogen-bond acceptors (Lipinski definition) is 4. The van der Waals surface area contributed by atoms with Gasteiger partial charge in [0.1, 0.15) is 0 Å². The minimum atomic E-state index is -3.25. The SMILES string of the molecule is Cc1nn(C)cc1CNS(=O)(=O)CCN. The molecule has 0 fully saturated rings. The number of rotatable bonds is 5. The molecular weight excluding hydrogens is 216 g/mol. The number of nitrogens with two attached hydrogens (primary N) is 1. The lowest BCUT2D eigenvalue weighted by Crippen LogP contribution is -2.29. The molecule has 0 saturated heterocycles. The molecule has 0 radical (unpaired) electrons. The maximum Gasteiger partial charge on any atom is 0.213 e. The highest BCUT2D eigenvalue weighted by Crippen LogP contribution is 2.04. The molecule has 0 amide bonds. The van der Waals surface area contributed by atoms with Crippen LogP contribution in [0.1, 0.15) is 11.3 Å². The summed E-state index contributed by atoms with van der Waals surface area (Å²) in [4.78, 5) is 0. The van der Waals surface area contributed by atoms with Crippen molar-refractivity contribution in [3.63, 3.8) is 0 Å². The minimum absolute atomic E-state index is 0.0493. The van der Waals surface area contributed by atoms with E-state index in [0.717, 1.165) is 11.3 Å². The summed E-state index contributed by atoms with van der Waals surface area (Å²) < 4.78 is 26.7. The second kappa shape index (κ2) is 4.73. The van der Waals surface area contributed by atoms with Gasteiger partial charge in [-0.05, 0) is 6.92 Å². The van der Waals surface area contributed by atoms with E-state index in [1.807, 2.05) is 6.92 Å². The second-order valence-electron chi connectivity index (χ2n) is 3.34. The van der Waals surface area contributed by atoms with Crippen LogP contribution in [0.3, 0.4) is 0 Å². The lowest BCUT2D eigenvalue weighted by molar-refractivity contribution is 0.581. The molecule has 0 aliphatic heterocycles. The molecule has 15 heavy (non-hydrogen) atoms. The summed E-state index contributed by atoms with van der Waals surface area (Å²) in [5.74, 6) is -0.0493. The van der Waals surface area contributed by atoms with Gasteiger partial charge in [-0.15, -0.1) is 0 Å². The predicted octanol–water partition coefficient (Wildman–Crippen LogP) is -0.893. The van der Waals surface area contributed by atoms with E-state index in [4.69, 9.17) is 5.73 Å². The van der Waals surface area contributed by atoms with Crippen LogP contribution in [-0.4, -0.2) is 30.5 Å². The van der Waals surface area contributed by atoms with Gasteiger partial charge in [0.2, 0.25) is 10.0 Å². The fourth-order valence-electron chi connectivity index (χ4n) is 1.24. The number of sulfonamides is 1. The summed E-state index contributed by atoms with van der Waals surface area (Å²) in [7, 11) is -1.45. The topological polar surface area (TPSA) is 90.0 Å². The fourth-order valence-corrected chi connectivity index (χ4v) is 2.07. The molecule has 1 rings (SSSR count). The summed E-state index contributed by atoms with van der Waals surface area (Å²) in [6, 6.07) is 0. The van der Waals surface area contributed by atoms with Crippen LogP contribution in [0, 0.1) is 6.92 Å². The maximum atomic E-state index is 11.3. The molecule has 7 heteroatoms. The quantitative estimate of drug-likeness (QED) is 0.689. The highest BCUT2D eigenvalue weighted by atomic mass is 32.2. The molecule has 1 aromatic heterocycles. The monoisotopic (exact) mass is 232 g/mol. The molecule has 0 spiro atoms. The van der Waals surface area contributed by atoms with Gasteiger partial charge >= 0.3 is 0 Å². The van der Waals surface area contributed by atoms with Crippen molar-refractivity contribution in [2.75, 3.05) is 12.3 Å². The van der Waals surface area contributed by atoms with Gasteiger partial charge in [0.15, 0.2) is 0 Å². The Morgan fingerprint density at radius 3 is 2.73 bits per heavy atom. The van der Waals surface area contributed by atoms with Crippen LogP contribution < -0.4 is 10.5 Å². The van der Waals surface area contributed by atoms with Gasteiger partial charge in [-0.3, -0.25) is 4.68 Å². The normalized spacial score (nSPS) is 11.9. The van der Waals surface area contributed by atoms with E-state index >= 15 is 0 Å². The van der Waals surface area contributed by atoms with E-state index in [9.17, 15) is 8.42 Å². The zero-order chi connectivity index (χ0) is 11.5. The third kappa shape index (κ3) is 3.61. The molecule has 1 heterocycles. The molecule has 0 bridgehead atoms. The van der Waals surface area contributed by atoms with Crippen LogP contribution in [0.15, 0.2) is 6.20 Å². The van der Waals surface area contributed by atoms with Gasteiger partial charge in [0, 0.05) is 31.9 Å². The van der Waals surface area contributed by atoms with Crippen molar-refractivity contribution in [3.8, 4) is 0 Å². The zero-order valence-corrected chi connectivity index (χ0v) is 9.71. The largest absolute Gasteiger partial charge is 0.329 e. The van der Waals surface area contributed by atoms with Crippen LogP contribution in [0.5, 0.6) is 0 Å². The Kier molecular flexibility index (Phi) is 3.83. The fraction of sp³-hybridized carbons (Fsp3) is 0.625. The van der Waals surface area contributed by atoms with Crippen LogP contribution in [-0.2, 0) is 23.6 Å². The van der Waals surface area contributed by atoms with Crippen LogP contribution >= 0.6 is 0 Å². The molecular formula is C8H16N4O2S. The molecule has 0 unspecified atom stereocenters. The van der Waals surface area contributed by atoms with E-state index in [1.54, 1.807) is 17.9 Å². The van der Waals surface area contributed by atoms with Gasteiger partial charge in [-0.25, -0.2) is 13.1 Å². The molecule has 0 atom stereocenters. The summed E-state index contributed by atoms with van der Waals surface area (Å²) in [5.41, 5.74) is 6.88. The zero-order valence-electron chi connectivity index (χ0n) is 8.90. The van der Waals surface area contributed by atoms with Crippen molar-refractivity contribution >= 4 is 10.0 Å². The van der Waals surface area contributed by atoms with E-state index in [1.165, 1.54) is 0 Å². The smallest absolute Gasteiger partial charge is 0.213 e. The van der Waals surface area contributed by atoms with Gasteiger partial charge < -0.3 is 5.73 Å². The number of aryl methyl sites for hydroxylation is 2. The van der Waals surface area contributed by atoms with Crippen molar-refractivity contribution in [1.82, 2.24) is 14.5 Å². The van der Waals surface area contributed by atoms with Crippen LogP contribution in [0.2, 0.25) is 0 Å². The lowest BCUT2D eigenvalue weighted by atomic mass is 10.3. The highest BCUT2D eigenvalue weighted by Gasteiger charge is 2.10. The second-order valence-corrected chi connectivity index (χ2v) is 5.27. The van der Waals surface area contributed by atoms with Crippen molar-refractivity contribution < 1.29 is 8.42 Å². The third-order valence-corrected chi connectivity index (χ3v) is 3.34. The third-order valence-electron chi connectivity index (χ3n) is 1.98. The van der Waals surface area contributed by atoms with Crippen LogP contribution in [0.25, 0.3) is 0 Å². The first-order valence-corrected chi connectivity index (χ1v) is 6.26. The van der Waals surface area contributed by atoms with Gasteiger partial charge in [-0.1, -0.05) is 0 Å². The molecule has 6 nitrogen and oxygen atoms in total. The molecule has 86 valence electrons. The first-order chi connectivity index (χ1) is 6.94. The number of nitrogens with zero attached hydrogens (tertiary/aromatic N) is 2. The molecule has 1 aromatic rings. The lowest BCUT2D eigenvalue weighted by Gasteiger charge is -2.03. The maximum absolute atomic E-state index is 11.3. The van der Waals surface area contributed by atoms with Crippen molar-refractivity contribution in [2.24, 2.45) is 12.8 Å². The molecule has 3 N–H and O–H groups in total. The Morgan fingerprint density at radius 1 is 1.60 bits per heavy atom. The van der Waals surface area contributed by atoms with Crippen molar-refractivity contribution in [1.29, 1.82) is 0 Å². The van der Waals surface area contributed by atoms with Gasteiger partial charge in [0.25, 0.3) is 0 Å². The summed E-state index contributed by atoms with van der Waals surface area (Å²) in [5, 5.41) is 4.11. The van der Waals surface area contributed by atoms with E-state index < -0.39 is 10.0 Å². The number of hydrogen-bond donors (Lipinski definition) is 2. The highest BCUT2D eigenvalue weighted by molar-refractivity contribution is 7.89. The van der Waals surface area contributed by atoms with Crippen molar-refractivity contribution in [3.05, 3.63) is 17.5 Å². The Morgan fingerprint density at radius 2 is 2.27 bits per heavy atom. The minimum Gasteiger partial charge on any atom is -0.329 e. The summed E-state index contributed by atoms with van der Waals surface area (Å²) in [6.07, 6.45) is 1.79. The van der Waals surface area contributed by atoms with Crippen molar-refractivity contribution in [2.45, 2.75) is 13.5 Å². The summed E-state index contributed by atoms with van der Waals surface area (Å²) >= 11 is 0. The molecule has 0 aliphatic carbocycles.